The largest absolute Gasteiger partial charge is 0.346 e. The van der Waals surface area contributed by atoms with E-state index in [1.165, 1.54) is 36.0 Å². The quantitative estimate of drug-likeness (QED) is 0.766. The van der Waals surface area contributed by atoms with Crippen molar-refractivity contribution in [3.63, 3.8) is 0 Å². The molecule has 1 amide bonds. The van der Waals surface area contributed by atoms with Crippen LogP contribution in [-0.2, 0) is 0 Å². The zero-order chi connectivity index (χ0) is 17.0. The number of amides is 1. The van der Waals surface area contributed by atoms with Crippen molar-refractivity contribution in [2.24, 2.45) is 5.92 Å². The van der Waals surface area contributed by atoms with E-state index in [4.69, 9.17) is 0 Å². The highest BCUT2D eigenvalue weighted by Crippen LogP contribution is 2.34. The van der Waals surface area contributed by atoms with Gasteiger partial charge in [0.2, 0.25) is 0 Å². The van der Waals surface area contributed by atoms with Crippen LogP contribution in [-0.4, -0.2) is 41.0 Å². The standard InChI is InChI=1S/C20H21N3OS/c1-12-19(13-6-8-23(12)9-7-13)22-20(24)16-10-18-15(11-21-16)14-4-2-3-5-17(14)25-18/h2-5,10-13,19H,6-9H2,1H3,(H,22,24)/t12-,19+/m1/s1. The number of rotatable bonds is 2. The van der Waals surface area contributed by atoms with E-state index in [1.54, 1.807) is 11.3 Å². The number of aromatic nitrogens is 1. The maximum atomic E-state index is 12.8. The van der Waals surface area contributed by atoms with E-state index in [9.17, 15) is 4.79 Å². The second kappa shape index (κ2) is 5.78. The second-order valence-electron chi connectivity index (χ2n) is 7.28. The first-order chi connectivity index (χ1) is 12.2. The number of hydrogen-bond acceptors (Lipinski definition) is 4. The van der Waals surface area contributed by atoms with E-state index in [1.807, 2.05) is 24.4 Å². The van der Waals surface area contributed by atoms with E-state index >= 15 is 0 Å². The van der Waals surface area contributed by atoms with Gasteiger partial charge in [0.25, 0.3) is 5.91 Å². The van der Waals surface area contributed by atoms with Crippen LogP contribution < -0.4 is 5.32 Å². The van der Waals surface area contributed by atoms with Gasteiger partial charge in [-0.2, -0.15) is 0 Å². The molecule has 1 N–H and O–H groups in total. The third-order valence-electron chi connectivity index (χ3n) is 5.97. The molecule has 0 saturated carbocycles. The molecular weight excluding hydrogens is 330 g/mol. The molecule has 5 heteroatoms. The Kier molecular flexibility index (Phi) is 3.54. The number of pyridine rings is 1. The number of nitrogens with one attached hydrogen (secondary N) is 1. The first-order valence-electron chi connectivity index (χ1n) is 9.03. The van der Waals surface area contributed by atoms with E-state index < -0.39 is 0 Å². The number of hydrogen-bond donors (Lipinski definition) is 1. The van der Waals surface area contributed by atoms with Gasteiger partial charge in [0, 0.05) is 38.5 Å². The van der Waals surface area contributed by atoms with E-state index in [-0.39, 0.29) is 11.9 Å². The molecule has 3 saturated heterocycles. The average Bonchev–Trinajstić information content (AvgIpc) is 3.02. The summed E-state index contributed by atoms with van der Waals surface area (Å²) in [7, 11) is 0. The van der Waals surface area contributed by atoms with Gasteiger partial charge in [-0.15, -0.1) is 11.3 Å². The first-order valence-corrected chi connectivity index (χ1v) is 9.84. The van der Waals surface area contributed by atoms with E-state index in [0.29, 0.717) is 17.7 Å². The molecule has 3 aliphatic heterocycles. The lowest BCUT2D eigenvalue weighted by Gasteiger charge is -2.49. The molecule has 128 valence electrons. The predicted octanol–water partition coefficient (Wildman–Crippen LogP) is 3.66. The molecule has 1 aromatic carbocycles. The number of nitrogens with zero attached hydrogens (tertiary/aromatic N) is 2. The molecule has 3 aromatic rings. The second-order valence-corrected chi connectivity index (χ2v) is 8.36. The molecule has 2 atom stereocenters. The summed E-state index contributed by atoms with van der Waals surface area (Å²) in [5.74, 6) is 0.571. The molecule has 2 aromatic heterocycles. The van der Waals surface area contributed by atoms with Crippen molar-refractivity contribution in [2.75, 3.05) is 13.1 Å². The Morgan fingerprint density at radius 1 is 1.20 bits per heavy atom. The van der Waals surface area contributed by atoms with Crippen molar-refractivity contribution in [2.45, 2.75) is 31.8 Å². The first kappa shape index (κ1) is 15.3. The van der Waals surface area contributed by atoms with E-state index in [2.05, 4.69) is 34.3 Å². The molecular formula is C20H21N3OS. The van der Waals surface area contributed by atoms with Crippen LogP contribution in [0.5, 0.6) is 0 Å². The summed E-state index contributed by atoms with van der Waals surface area (Å²) in [4.78, 5) is 19.8. The topological polar surface area (TPSA) is 45.2 Å². The summed E-state index contributed by atoms with van der Waals surface area (Å²) in [6, 6.07) is 10.9. The van der Waals surface area contributed by atoms with Crippen molar-refractivity contribution < 1.29 is 4.79 Å². The van der Waals surface area contributed by atoms with Gasteiger partial charge in [0.1, 0.15) is 5.69 Å². The summed E-state index contributed by atoms with van der Waals surface area (Å²) >= 11 is 1.72. The van der Waals surface area contributed by atoms with Gasteiger partial charge in [-0.25, -0.2) is 0 Å². The van der Waals surface area contributed by atoms with Gasteiger partial charge in [0.05, 0.1) is 0 Å². The minimum absolute atomic E-state index is 0.0371. The zero-order valence-electron chi connectivity index (χ0n) is 14.2. The molecule has 5 heterocycles. The van der Waals surface area contributed by atoms with Crippen molar-refractivity contribution in [1.82, 2.24) is 15.2 Å². The van der Waals surface area contributed by atoms with Gasteiger partial charge in [-0.1, -0.05) is 18.2 Å². The lowest BCUT2D eigenvalue weighted by atomic mass is 9.79. The Hall–Kier alpha value is -1.98. The third-order valence-corrected chi connectivity index (χ3v) is 7.10. The van der Waals surface area contributed by atoms with E-state index in [0.717, 1.165) is 10.1 Å². The normalized spacial score (nSPS) is 28.5. The number of fused-ring (bicyclic) bond motifs is 6. The number of benzene rings is 1. The van der Waals surface area contributed by atoms with Crippen LogP contribution in [0.2, 0.25) is 0 Å². The molecule has 0 radical (unpaired) electrons. The Morgan fingerprint density at radius 2 is 2.00 bits per heavy atom. The van der Waals surface area contributed by atoms with Crippen molar-refractivity contribution in [3.8, 4) is 0 Å². The fourth-order valence-corrected chi connectivity index (χ4v) is 5.63. The Labute approximate surface area is 150 Å². The lowest BCUT2D eigenvalue weighted by molar-refractivity contribution is 0.0216. The maximum absolute atomic E-state index is 12.8. The summed E-state index contributed by atoms with van der Waals surface area (Å²) in [5.41, 5.74) is 0.530. The van der Waals surface area contributed by atoms with Gasteiger partial charge >= 0.3 is 0 Å². The fourth-order valence-electron chi connectivity index (χ4n) is 4.52. The molecule has 0 unspecified atom stereocenters. The molecule has 6 rings (SSSR count). The van der Waals surface area contributed by atoms with Crippen LogP contribution >= 0.6 is 11.3 Å². The van der Waals surface area contributed by atoms with Gasteiger partial charge in [-0.3, -0.25) is 14.7 Å². The smallest absolute Gasteiger partial charge is 0.270 e. The Bertz CT molecular complexity index is 956. The Morgan fingerprint density at radius 3 is 2.80 bits per heavy atom. The summed E-state index contributed by atoms with van der Waals surface area (Å²) in [6.45, 7) is 4.58. The average molecular weight is 351 g/mol. The molecule has 3 fully saturated rings. The minimum Gasteiger partial charge on any atom is -0.346 e. The molecule has 4 nitrogen and oxygen atoms in total. The highest BCUT2D eigenvalue weighted by Gasteiger charge is 2.40. The molecule has 0 aliphatic carbocycles. The van der Waals surface area contributed by atoms with Crippen molar-refractivity contribution >= 4 is 37.4 Å². The maximum Gasteiger partial charge on any atom is 0.270 e. The fraction of sp³-hybridized carbons (Fsp3) is 0.400. The van der Waals surface area contributed by atoms with Crippen molar-refractivity contribution in [3.05, 3.63) is 42.2 Å². The van der Waals surface area contributed by atoms with Crippen LogP contribution in [0.4, 0.5) is 0 Å². The SMILES string of the molecule is C[C@@H]1[C@H](NC(=O)c2cc3sc4ccccc4c3cn2)C2CCN1CC2. The van der Waals surface area contributed by atoms with Crippen LogP contribution in [0.25, 0.3) is 20.2 Å². The highest BCUT2D eigenvalue weighted by atomic mass is 32.1. The summed E-state index contributed by atoms with van der Waals surface area (Å²) in [5, 5.41) is 5.62. The number of carbonyl (C=O) groups excluding carboxylic acids is 1. The van der Waals surface area contributed by atoms with Crippen LogP contribution in [0.3, 0.4) is 0 Å². The lowest BCUT2D eigenvalue weighted by Crippen LogP contribution is -2.62. The molecule has 0 spiro atoms. The summed E-state index contributed by atoms with van der Waals surface area (Å²) < 4.78 is 2.37. The number of thiophene rings is 1. The third kappa shape index (κ3) is 2.45. The number of piperidine rings is 3. The summed E-state index contributed by atoms with van der Waals surface area (Å²) in [6.07, 6.45) is 4.24. The molecule has 3 aliphatic rings. The predicted molar refractivity (Wildman–Crippen MR) is 102 cm³/mol. The zero-order valence-corrected chi connectivity index (χ0v) is 15.1. The van der Waals surface area contributed by atoms with Crippen LogP contribution in [0.1, 0.15) is 30.3 Å². The van der Waals surface area contributed by atoms with Crippen molar-refractivity contribution in [1.29, 1.82) is 0 Å². The monoisotopic (exact) mass is 351 g/mol. The van der Waals surface area contributed by atoms with Gasteiger partial charge in [0.15, 0.2) is 0 Å². The van der Waals surface area contributed by atoms with Crippen LogP contribution in [0.15, 0.2) is 36.5 Å². The number of carbonyl (C=O) groups is 1. The van der Waals surface area contributed by atoms with Crippen LogP contribution in [0, 0.1) is 5.92 Å². The molecule has 25 heavy (non-hydrogen) atoms. The molecule has 2 bridgehead atoms. The Balaban J connectivity index is 1.44. The highest BCUT2D eigenvalue weighted by molar-refractivity contribution is 7.25. The van der Waals surface area contributed by atoms with Gasteiger partial charge < -0.3 is 5.32 Å². The minimum atomic E-state index is -0.0371. The van der Waals surface area contributed by atoms with Gasteiger partial charge in [-0.05, 0) is 50.9 Å².